The van der Waals surface area contributed by atoms with E-state index in [-0.39, 0.29) is 11.4 Å². The molecule has 0 spiro atoms. The number of carbonyl (C=O) groups excluding carboxylic acids is 1. The number of nitrogens with zero attached hydrogens (tertiary/aromatic N) is 1. The average Bonchev–Trinajstić information content (AvgIpc) is 2.43. The topological polar surface area (TPSA) is 29.5 Å². The van der Waals surface area contributed by atoms with Crippen molar-refractivity contribution in [1.82, 2.24) is 4.90 Å². The summed E-state index contributed by atoms with van der Waals surface area (Å²) in [5.74, 6) is -0.242. The van der Waals surface area contributed by atoms with Crippen LogP contribution < -0.4 is 0 Å². The Balaban J connectivity index is 2.49. The van der Waals surface area contributed by atoms with Crippen LogP contribution in [0.25, 0.3) is 0 Å². The summed E-state index contributed by atoms with van der Waals surface area (Å²) in [5.41, 5.74) is 0.581. The van der Waals surface area contributed by atoms with Crippen LogP contribution in [0.2, 0.25) is 0 Å². The third kappa shape index (κ3) is 5.43. The fourth-order valence-electron chi connectivity index (χ4n) is 2.02. The number of esters is 1. The molecule has 3 heteroatoms. The number of hydrogen-bond acceptors (Lipinski definition) is 3. The molecular formula is C16H25NO2. The maximum atomic E-state index is 11.9. The first-order valence-electron chi connectivity index (χ1n) is 6.93. The van der Waals surface area contributed by atoms with Crippen LogP contribution in [0.15, 0.2) is 30.3 Å². The molecule has 1 rings (SSSR count). The highest BCUT2D eigenvalue weighted by molar-refractivity contribution is 5.89. The molecule has 0 N–H and O–H groups in total. The van der Waals surface area contributed by atoms with E-state index in [1.54, 1.807) is 12.1 Å². The second kappa shape index (κ2) is 7.29. The summed E-state index contributed by atoms with van der Waals surface area (Å²) < 4.78 is 5.42. The summed E-state index contributed by atoms with van der Waals surface area (Å²) in [6, 6.07) is 9.13. The molecule has 0 saturated carbocycles. The maximum absolute atomic E-state index is 11.9. The Kier molecular flexibility index (Phi) is 6.03. The second-order valence-corrected chi connectivity index (χ2v) is 5.57. The van der Waals surface area contributed by atoms with Gasteiger partial charge >= 0.3 is 5.97 Å². The molecule has 0 atom stereocenters. The van der Waals surface area contributed by atoms with Gasteiger partial charge in [0.15, 0.2) is 0 Å². The minimum absolute atomic E-state index is 0.0313. The lowest BCUT2D eigenvalue weighted by molar-refractivity contribution is 0.0274. The van der Waals surface area contributed by atoms with E-state index in [1.165, 1.54) is 0 Å². The Morgan fingerprint density at radius 1 is 1.16 bits per heavy atom. The van der Waals surface area contributed by atoms with Crippen molar-refractivity contribution < 1.29 is 9.53 Å². The van der Waals surface area contributed by atoms with E-state index in [4.69, 9.17) is 4.74 Å². The molecule has 0 aromatic heterocycles. The molecule has 19 heavy (non-hydrogen) atoms. The Labute approximate surface area is 116 Å². The summed E-state index contributed by atoms with van der Waals surface area (Å²) in [6.07, 6.45) is 0. The van der Waals surface area contributed by atoms with E-state index in [2.05, 4.69) is 32.6 Å². The van der Waals surface area contributed by atoms with Crippen LogP contribution in [0.5, 0.6) is 0 Å². The third-order valence-corrected chi connectivity index (χ3v) is 3.15. The molecule has 0 aliphatic heterocycles. The van der Waals surface area contributed by atoms with E-state index in [9.17, 15) is 4.79 Å². The zero-order valence-corrected chi connectivity index (χ0v) is 12.5. The van der Waals surface area contributed by atoms with Crippen molar-refractivity contribution in [3.8, 4) is 0 Å². The standard InChI is InChI=1S/C16H25NO2/c1-5-17(6-2)12-16(3,4)13-19-15(18)14-10-8-7-9-11-14/h7-11H,5-6,12-13H2,1-4H3. The van der Waals surface area contributed by atoms with Crippen molar-refractivity contribution >= 4 is 5.97 Å². The quantitative estimate of drug-likeness (QED) is 0.707. The van der Waals surface area contributed by atoms with Gasteiger partial charge in [0.25, 0.3) is 0 Å². The van der Waals surface area contributed by atoms with Gasteiger partial charge < -0.3 is 9.64 Å². The fourth-order valence-corrected chi connectivity index (χ4v) is 2.02. The molecule has 3 nitrogen and oxygen atoms in total. The first kappa shape index (κ1) is 15.7. The minimum Gasteiger partial charge on any atom is -0.461 e. The SMILES string of the molecule is CCN(CC)CC(C)(C)COC(=O)c1ccccc1. The van der Waals surface area contributed by atoms with Gasteiger partial charge in [-0.25, -0.2) is 4.79 Å². The lowest BCUT2D eigenvalue weighted by atomic mass is 9.94. The van der Waals surface area contributed by atoms with Crippen molar-refractivity contribution in [1.29, 1.82) is 0 Å². The number of rotatable bonds is 7. The van der Waals surface area contributed by atoms with Crippen molar-refractivity contribution in [2.75, 3.05) is 26.2 Å². The van der Waals surface area contributed by atoms with Crippen molar-refractivity contribution in [2.24, 2.45) is 5.41 Å². The lowest BCUT2D eigenvalue weighted by Crippen LogP contribution is -2.37. The molecule has 0 radical (unpaired) electrons. The zero-order valence-electron chi connectivity index (χ0n) is 12.5. The summed E-state index contributed by atoms with van der Waals surface area (Å²) in [4.78, 5) is 14.2. The van der Waals surface area contributed by atoms with Crippen molar-refractivity contribution in [3.63, 3.8) is 0 Å². The highest BCUT2D eigenvalue weighted by Crippen LogP contribution is 2.18. The minimum atomic E-state index is -0.242. The van der Waals surface area contributed by atoms with E-state index < -0.39 is 0 Å². The number of benzene rings is 1. The highest BCUT2D eigenvalue weighted by atomic mass is 16.5. The van der Waals surface area contributed by atoms with Gasteiger partial charge in [-0.1, -0.05) is 45.9 Å². The molecule has 0 bridgehead atoms. The molecule has 0 saturated heterocycles. The smallest absolute Gasteiger partial charge is 0.338 e. The molecule has 0 fully saturated rings. The zero-order chi connectivity index (χ0) is 14.3. The van der Waals surface area contributed by atoms with Crippen LogP contribution in [-0.4, -0.2) is 37.1 Å². The predicted molar refractivity (Wildman–Crippen MR) is 78.3 cm³/mol. The normalized spacial score (nSPS) is 11.6. The largest absolute Gasteiger partial charge is 0.461 e. The Bertz CT molecular complexity index is 383. The van der Waals surface area contributed by atoms with Gasteiger partial charge in [0.1, 0.15) is 0 Å². The van der Waals surface area contributed by atoms with E-state index in [0.717, 1.165) is 19.6 Å². The van der Waals surface area contributed by atoms with Gasteiger partial charge in [0, 0.05) is 12.0 Å². The second-order valence-electron chi connectivity index (χ2n) is 5.57. The Morgan fingerprint density at radius 2 is 1.74 bits per heavy atom. The monoisotopic (exact) mass is 263 g/mol. The third-order valence-electron chi connectivity index (χ3n) is 3.15. The molecular weight excluding hydrogens is 238 g/mol. The van der Waals surface area contributed by atoms with Gasteiger partial charge in [0.2, 0.25) is 0 Å². The van der Waals surface area contributed by atoms with Crippen LogP contribution in [0.1, 0.15) is 38.1 Å². The first-order chi connectivity index (χ1) is 8.98. The summed E-state index contributed by atoms with van der Waals surface area (Å²) in [7, 11) is 0. The first-order valence-corrected chi connectivity index (χ1v) is 6.93. The maximum Gasteiger partial charge on any atom is 0.338 e. The van der Waals surface area contributed by atoms with E-state index in [1.807, 2.05) is 18.2 Å². The van der Waals surface area contributed by atoms with Crippen LogP contribution >= 0.6 is 0 Å². The fraction of sp³-hybridized carbons (Fsp3) is 0.562. The van der Waals surface area contributed by atoms with Gasteiger partial charge in [0.05, 0.1) is 12.2 Å². The average molecular weight is 263 g/mol. The van der Waals surface area contributed by atoms with Crippen LogP contribution in [-0.2, 0) is 4.74 Å². The summed E-state index contributed by atoms with van der Waals surface area (Å²) in [5, 5.41) is 0. The number of hydrogen-bond donors (Lipinski definition) is 0. The molecule has 1 aromatic rings. The number of ether oxygens (including phenoxy) is 1. The molecule has 0 aliphatic carbocycles. The molecule has 0 heterocycles. The summed E-state index contributed by atoms with van der Waals surface area (Å²) in [6.45, 7) is 12.0. The van der Waals surface area contributed by atoms with Crippen LogP contribution in [0, 0.1) is 5.41 Å². The van der Waals surface area contributed by atoms with Crippen LogP contribution in [0.4, 0.5) is 0 Å². The molecule has 106 valence electrons. The van der Waals surface area contributed by atoms with Gasteiger partial charge in [-0.2, -0.15) is 0 Å². The van der Waals surface area contributed by atoms with Crippen molar-refractivity contribution in [2.45, 2.75) is 27.7 Å². The Morgan fingerprint density at radius 3 is 2.26 bits per heavy atom. The van der Waals surface area contributed by atoms with Gasteiger partial charge in [-0.3, -0.25) is 0 Å². The highest BCUT2D eigenvalue weighted by Gasteiger charge is 2.23. The summed E-state index contributed by atoms with van der Waals surface area (Å²) >= 11 is 0. The van der Waals surface area contributed by atoms with Gasteiger partial charge in [-0.15, -0.1) is 0 Å². The molecule has 0 aliphatic rings. The Hall–Kier alpha value is -1.35. The number of carbonyl (C=O) groups is 1. The van der Waals surface area contributed by atoms with Crippen LogP contribution in [0.3, 0.4) is 0 Å². The lowest BCUT2D eigenvalue weighted by Gasteiger charge is -2.30. The predicted octanol–water partition coefficient (Wildman–Crippen LogP) is 3.21. The molecule has 0 unspecified atom stereocenters. The molecule has 1 aromatic carbocycles. The van der Waals surface area contributed by atoms with E-state index >= 15 is 0 Å². The van der Waals surface area contributed by atoms with Gasteiger partial charge in [-0.05, 0) is 25.2 Å². The van der Waals surface area contributed by atoms with Crippen molar-refractivity contribution in [3.05, 3.63) is 35.9 Å². The molecule has 0 amide bonds. The van der Waals surface area contributed by atoms with E-state index in [0.29, 0.717) is 12.2 Å².